The van der Waals surface area contributed by atoms with Crippen molar-refractivity contribution in [1.29, 1.82) is 0 Å². The lowest BCUT2D eigenvalue weighted by atomic mass is 10.0. The number of hydrogen-bond donors (Lipinski definition) is 1. The third-order valence-corrected chi connectivity index (χ3v) is 1.80. The summed E-state index contributed by atoms with van der Waals surface area (Å²) in [6, 6.07) is 0. The van der Waals surface area contributed by atoms with E-state index in [0.717, 1.165) is 25.9 Å². The van der Waals surface area contributed by atoms with Crippen LogP contribution in [0.5, 0.6) is 0 Å². The second-order valence-corrected chi connectivity index (χ2v) is 2.64. The molecule has 0 spiro atoms. The molecule has 1 saturated heterocycles. The fourth-order valence-electron chi connectivity index (χ4n) is 1.21. The molecule has 0 bridgehead atoms. The summed E-state index contributed by atoms with van der Waals surface area (Å²) in [5.41, 5.74) is 0. The second kappa shape index (κ2) is 3.74. The van der Waals surface area contributed by atoms with E-state index >= 15 is 0 Å². The molecule has 1 fully saturated rings. The van der Waals surface area contributed by atoms with Crippen LogP contribution >= 0.6 is 0 Å². The van der Waals surface area contributed by atoms with Gasteiger partial charge in [-0.2, -0.15) is 0 Å². The number of ether oxygens (including phenoxy) is 1. The van der Waals surface area contributed by atoms with E-state index in [1.165, 1.54) is 0 Å². The molecular formula is C8H14O2. The van der Waals surface area contributed by atoms with Gasteiger partial charge < -0.3 is 9.84 Å². The Morgan fingerprint density at radius 1 is 1.70 bits per heavy atom. The smallest absolute Gasteiger partial charge is 0.0868 e. The Morgan fingerprint density at radius 2 is 2.50 bits per heavy atom. The van der Waals surface area contributed by atoms with Crippen LogP contribution in [-0.4, -0.2) is 23.9 Å². The number of aliphatic hydroxyl groups is 1. The van der Waals surface area contributed by atoms with Crippen LogP contribution in [0.1, 0.15) is 19.3 Å². The lowest BCUT2D eigenvalue weighted by Crippen LogP contribution is -2.33. The molecule has 10 heavy (non-hydrogen) atoms. The number of aliphatic hydroxyl groups excluding tert-OH is 1. The largest absolute Gasteiger partial charge is 0.390 e. The molecule has 1 rings (SSSR count). The van der Waals surface area contributed by atoms with Crippen molar-refractivity contribution in [3.05, 3.63) is 12.7 Å². The highest BCUT2D eigenvalue weighted by atomic mass is 16.5. The number of hydrogen-bond acceptors (Lipinski definition) is 2. The van der Waals surface area contributed by atoms with Crippen molar-refractivity contribution in [2.75, 3.05) is 6.61 Å². The van der Waals surface area contributed by atoms with Crippen molar-refractivity contribution in [3.63, 3.8) is 0 Å². The van der Waals surface area contributed by atoms with Gasteiger partial charge in [-0.05, 0) is 19.3 Å². The molecule has 0 aromatic rings. The van der Waals surface area contributed by atoms with Crippen LogP contribution in [-0.2, 0) is 4.74 Å². The summed E-state index contributed by atoms with van der Waals surface area (Å²) in [4.78, 5) is 0. The van der Waals surface area contributed by atoms with Crippen LogP contribution in [0, 0.1) is 0 Å². The van der Waals surface area contributed by atoms with Gasteiger partial charge in [0.05, 0.1) is 12.2 Å². The predicted octanol–water partition coefficient (Wildman–Crippen LogP) is 1.10. The molecule has 0 aliphatic carbocycles. The molecule has 1 N–H and O–H groups in total. The van der Waals surface area contributed by atoms with Gasteiger partial charge in [0.1, 0.15) is 0 Å². The zero-order valence-electron chi connectivity index (χ0n) is 6.12. The minimum atomic E-state index is -0.272. The normalized spacial score (nSPS) is 33.7. The van der Waals surface area contributed by atoms with Crippen LogP contribution in [0.2, 0.25) is 0 Å². The minimum absolute atomic E-state index is 0.00579. The Labute approximate surface area is 61.5 Å². The van der Waals surface area contributed by atoms with Crippen LogP contribution in [0.25, 0.3) is 0 Å². The lowest BCUT2D eigenvalue weighted by Gasteiger charge is -2.26. The third kappa shape index (κ3) is 1.82. The summed E-state index contributed by atoms with van der Waals surface area (Å²) < 4.78 is 5.31. The Balaban J connectivity index is 2.32. The van der Waals surface area contributed by atoms with Gasteiger partial charge in [-0.1, -0.05) is 6.08 Å². The SMILES string of the molecule is C=CC[C@@H]1OCCC[C@@H]1O. The van der Waals surface area contributed by atoms with Gasteiger partial charge in [0, 0.05) is 6.61 Å². The standard InChI is InChI=1S/C8H14O2/c1-2-4-8-7(9)5-3-6-10-8/h2,7-9H,1,3-6H2/t7-,8-/m0/s1. The van der Waals surface area contributed by atoms with Crippen LogP contribution in [0.4, 0.5) is 0 Å². The maximum atomic E-state index is 9.33. The van der Waals surface area contributed by atoms with Gasteiger partial charge in [0.2, 0.25) is 0 Å². The molecule has 1 aliphatic rings. The zero-order chi connectivity index (χ0) is 7.40. The Hall–Kier alpha value is -0.340. The molecule has 2 heteroatoms. The summed E-state index contributed by atoms with van der Waals surface area (Å²) in [5, 5.41) is 9.33. The molecule has 2 nitrogen and oxygen atoms in total. The van der Waals surface area contributed by atoms with Crippen molar-refractivity contribution < 1.29 is 9.84 Å². The van der Waals surface area contributed by atoms with E-state index in [0.29, 0.717) is 0 Å². The van der Waals surface area contributed by atoms with Crippen LogP contribution in [0.15, 0.2) is 12.7 Å². The Bertz CT molecular complexity index is 112. The Morgan fingerprint density at radius 3 is 3.10 bits per heavy atom. The highest BCUT2D eigenvalue weighted by molar-refractivity contribution is 4.80. The maximum absolute atomic E-state index is 9.33. The van der Waals surface area contributed by atoms with E-state index in [1.54, 1.807) is 6.08 Å². The van der Waals surface area contributed by atoms with Gasteiger partial charge in [0.25, 0.3) is 0 Å². The first-order valence-electron chi connectivity index (χ1n) is 3.75. The van der Waals surface area contributed by atoms with Crippen molar-refractivity contribution in [2.24, 2.45) is 0 Å². The summed E-state index contributed by atoms with van der Waals surface area (Å²) >= 11 is 0. The van der Waals surface area contributed by atoms with Crippen LogP contribution < -0.4 is 0 Å². The van der Waals surface area contributed by atoms with Gasteiger partial charge in [-0.15, -0.1) is 6.58 Å². The van der Waals surface area contributed by atoms with E-state index < -0.39 is 0 Å². The fraction of sp³-hybridized carbons (Fsp3) is 0.750. The monoisotopic (exact) mass is 142 g/mol. The molecule has 1 aliphatic heterocycles. The average Bonchev–Trinajstić information content (AvgIpc) is 1.94. The minimum Gasteiger partial charge on any atom is -0.390 e. The lowest BCUT2D eigenvalue weighted by molar-refractivity contribution is -0.0713. The summed E-state index contributed by atoms with van der Waals surface area (Å²) in [5.74, 6) is 0. The summed E-state index contributed by atoms with van der Waals surface area (Å²) in [6.07, 6.45) is 4.14. The molecule has 0 aromatic heterocycles. The zero-order valence-corrected chi connectivity index (χ0v) is 6.12. The molecule has 0 amide bonds. The van der Waals surface area contributed by atoms with E-state index in [-0.39, 0.29) is 12.2 Å². The highest BCUT2D eigenvalue weighted by Crippen LogP contribution is 2.16. The van der Waals surface area contributed by atoms with Crippen molar-refractivity contribution in [3.8, 4) is 0 Å². The van der Waals surface area contributed by atoms with Crippen molar-refractivity contribution in [2.45, 2.75) is 31.5 Å². The average molecular weight is 142 g/mol. The molecule has 1 heterocycles. The topological polar surface area (TPSA) is 29.5 Å². The highest BCUT2D eigenvalue weighted by Gasteiger charge is 2.21. The third-order valence-electron chi connectivity index (χ3n) is 1.80. The first-order chi connectivity index (χ1) is 4.84. The van der Waals surface area contributed by atoms with E-state index in [9.17, 15) is 5.11 Å². The van der Waals surface area contributed by atoms with Gasteiger partial charge in [-0.3, -0.25) is 0 Å². The molecule has 0 saturated carbocycles. The Kier molecular flexibility index (Phi) is 2.90. The van der Waals surface area contributed by atoms with Gasteiger partial charge >= 0.3 is 0 Å². The van der Waals surface area contributed by atoms with Crippen molar-refractivity contribution in [1.82, 2.24) is 0 Å². The van der Waals surface area contributed by atoms with E-state index in [2.05, 4.69) is 6.58 Å². The molecule has 0 aromatic carbocycles. The summed E-state index contributed by atoms with van der Waals surface area (Å²) in [7, 11) is 0. The maximum Gasteiger partial charge on any atom is 0.0868 e. The van der Waals surface area contributed by atoms with Gasteiger partial charge in [0.15, 0.2) is 0 Å². The first-order valence-corrected chi connectivity index (χ1v) is 3.75. The molecule has 2 atom stereocenters. The van der Waals surface area contributed by atoms with Crippen molar-refractivity contribution >= 4 is 0 Å². The van der Waals surface area contributed by atoms with Crippen LogP contribution in [0.3, 0.4) is 0 Å². The molecule has 0 unspecified atom stereocenters. The predicted molar refractivity (Wildman–Crippen MR) is 39.8 cm³/mol. The quantitative estimate of drug-likeness (QED) is 0.585. The summed E-state index contributed by atoms with van der Waals surface area (Å²) in [6.45, 7) is 4.39. The number of rotatable bonds is 2. The first kappa shape index (κ1) is 7.76. The second-order valence-electron chi connectivity index (χ2n) is 2.64. The van der Waals surface area contributed by atoms with Gasteiger partial charge in [-0.25, -0.2) is 0 Å². The van der Waals surface area contributed by atoms with E-state index in [4.69, 9.17) is 4.74 Å². The molecular weight excluding hydrogens is 128 g/mol. The fourth-order valence-corrected chi connectivity index (χ4v) is 1.21. The molecule has 0 radical (unpaired) electrons. The molecule has 58 valence electrons. The van der Waals surface area contributed by atoms with E-state index in [1.807, 2.05) is 0 Å².